The lowest BCUT2D eigenvalue weighted by molar-refractivity contribution is -0.226. The van der Waals surface area contributed by atoms with E-state index in [0.29, 0.717) is 13.2 Å². The number of carboxylic acid groups (broad SMARTS) is 1. The van der Waals surface area contributed by atoms with Gasteiger partial charge in [-0.05, 0) is 12.5 Å². The van der Waals surface area contributed by atoms with Crippen LogP contribution in [0.4, 0.5) is 0 Å². The molecule has 142 valence electrons. The average molecular weight is 365 g/mol. The van der Waals surface area contributed by atoms with Gasteiger partial charge in [-0.25, -0.2) is 4.79 Å². The van der Waals surface area contributed by atoms with Crippen molar-refractivity contribution in [3.05, 3.63) is 35.9 Å². The highest BCUT2D eigenvalue weighted by atomic mass is 16.7. The highest BCUT2D eigenvalue weighted by Crippen LogP contribution is 2.33. The van der Waals surface area contributed by atoms with Crippen molar-refractivity contribution in [2.75, 3.05) is 6.61 Å². The van der Waals surface area contributed by atoms with Gasteiger partial charge in [-0.2, -0.15) is 0 Å². The Hall–Kier alpha value is -2.00. The molecule has 2 saturated heterocycles. The summed E-state index contributed by atoms with van der Waals surface area (Å²) in [5, 5.41) is 12.0. The number of ether oxygens (including phenoxy) is 4. The van der Waals surface area contributed by atoms with E-state index in [-0.39, 0.29) is 12.0 Å². The first kappa shape index (κ1) is 18.8. The van der Waals surface area contributed by atoms with E-state index < -0.39 is 36.6 Å². The molecule has 8 nitrogen and oxygen atoms in total. The van der Waals surface area contributed by atoms with Crippen molar-refractivity contribution in [2.24, 2.45) is 0 Å². The Bertz CT molecular complexity index is 638. The second-order valence-electron chi connectivity index (χ2n) is 6.44. The highest BCUT2D eigenvalue weighted by Gasteiger charge is 2.53. The molecule has 0 radical (unpaired) electrons. The predicted octanol–water partition coefficient (Wildman–Crippen LogP) is 0.690. The third-order valence-corrected chi connectivity index (χ3v) is 4.44. The lowest BCUT2D eigenvalue weighted by Gasteiger charge is -2.41. The van der Waals surface area contributed by atoms with Gasteiger partial charge in [0.25, 0.3) is 0 Å². The molecule has 26 heavy (non-hydrogen) atoms. The van der Waals surface area contributed by atoms with E-state index in [1.54, 1.807) is 0 Å². The maximum Gasteiger partial charge on any atom is 0.332 e. The molecule has 0 saturated carbocycles. The van der Waals surface area contributed by atoms with Gasteiger partial charge in [-0.15, -0.1) is 0 Å². The van der Waals surface area contributed by atoms with Crippen molar-refractivity contribution in [1.82, 2.24) is 5.32 Å². The van der Waals surface area contributed by atoms with Crippen molar-refractivity contribution in [3.63, 3.8) is 0 Å². The molecule has 6 atom stereocenters. The van der Waals surface area contributed by atoms with Crippen LogP contribution in [-0.2, 0) is 35.1 Å². The summed E-state index contributed by atoms with van der Waals surface area (Å²) in [6.07, 6.45) is -3.42. The third-order valence-electron chi connectivity index (χ3n) is 4.44. The summed E-state index contributed by atoms with van der Waals surface area (Å²) in [5.74, 6) is -1.38. The minimum Gasteiger partial charge on any atom is -0.479 e. The molecule has 1 aromatic rings. The molecule has 2 aliphatic rings. The second kappa shape index (κ2) is 8.13. The van der Waals surface area contributed by atoms with Gasteiger partial charge in [0.05, 0.1) is 13.2 Å². The van der Waals surface area contributed by atoms with Crippen molar-refractivity contribution >= 4 is 11.9 Å². The number of hydrogen-bond acceptors (Lipinski definition) is 6. The fourth-order valence-corrected chi connectivity index (χ4v) is 3.18. The van der Waals surface area contributed by atoms with Crippen LogP contribution in [0.1, 0.15) is 19.4 Å². The zero-order chi connectivity index (χ0) is 18.7. The fourth-order valence-electron chi connectivity index (χ4n) is 3.18. The number of fused-ring (bicyclic) bond motifs is 2. The number of rotatable bonds is 7. The van der Waals surface area contributed by atoms with Crippen LogP contribution in [0.2, 0.25) is 0 Å². The Labute approximate surface area is 151 Å². The van der Waals surface area contributed by atoms with E-state index in [9.17, 15) is 14.7 Å². The quantitative estimate of drug-likeness (QED) is 0.733. The molecule has 1 amide bonds. The van der Waals surface area contributed by atoms with Crippen LogP contribution < -0.4 is 5.32 Å². The standard InChI is InChI=1S/C18H23NO7/c1-10(17(21)22)25-16-14(19-11(2)20)18-24-9-13(26-18)15(16)23-8-12-6-4-3-5-7-12/h3-7,10,13-16,18H,8-9H2,1-2H3,(H,19,20)(H,21,22)/t10-,13?,14?,15-,16?,18-/m1/s1. The van der Waals surface area contributed by atoms with Gasteiger partial charge in [0.15, 0.2) is 12.4 Å². The second-order valence-corrected chi connectivity index (χ2v) is 6.44. The van der Waals surface area contributed by atoms with Crippen LogP contribution in [-0.4, -0.2) is 60.3 Å². The first-order valence-corrected chi connectivity index (χ1v) is 8.53. The molecule has 2 bridgehead atoms. The molecular formula is C18H23NO7. The Morgan fingerprint density at radius 3 is 2.69 bits per heavy atom. The normalized spacial score (nSPS) is 31.4. The number of carbonyl (C=O) groups is 2. The molecule has 0 spiro atoms. The summed E-state index contributed by atoms with van der Waals surface area (Å²) >= 11 is 0. The van der Waals surface area contributed by atoms with Gasteiger partial charge in [0.2, 0.25) is 5.91 Å². The monoisotopic (exact) mass is 365 g/mol. The van der Waals surface area contributed by atoms with Crippen molar-refractivity contribution in [1.29, 1.82) is 0 Å². The van der Waals surface area contributed by atoms with Crippen LogP contribution in [0.3, 0.4) is 0 Å². The van der Waals surface area contributed by atoms with Gasteiger partial charge in [0, 0.05) is 6.92 Å². The number of carbonyl (C=O) groups excluding carboxylic acids is 1. The van der Waals surface area contributed by atoms with E-state index in [1.165, 1.54) is 13.8 Å². The van der Waals surface area contributed by atoms with Crippen LogP contribution >= 0.6 is 0 Å². The van der Waals surface area contributed by atoms with Gasteiger partial charge >= 0.3 is 5.97 Å². The molecule has 2 heterocycles. The Balaban J connectivity index is 1.79. The number of carboxylic acids is 1. The van der Waals surface area contributed by atoms with E-state index >= 15 is 0 Å². The first-order valence-electron chi connectivity index (χ1n) is 8.53. The molecule has 2 fully saturated rings. The summed E-state index contributed by atoms with van der Waals surface area (Å²) in [6.45, 7) is 3.42. The molecule has 3 unspecified atom stereocenters. The number of nitrogens with one attached hydrogen (secondary N) is 1. The summed E-state index contributed by atoms with van der Waals surface area (Å²) in [7, 11) is 0. The number of aliphatic carboxylic acids is 1. The first-order chi connectivity index (χ1) is 12.5. The van der Waals surface area contributed by atoms with Crippen molar-refractivity contribution < 1.29 is 33.6 Å². The number of benzene rings is 1. The van der Waals surface area contributed by atoms with Crippen LogP contribution in [0, 0.1) is 0 Å². The Morgan fingerprint density at radius 2 is 2.04 bits per heavy atom. The minimum atomic E-state index is -1.09. The lowest BCUT2D eigenvalue weighted by Crippen LogP contribution is -2.62. The van der Waals surface area contributed by atoms with Gasteiger partial charge in [0.1, 0.15) is 24.4 Å². The lowest BCUT2D eigenvalue weighted by atomic mass is 9.97. The summed E-state index contributed by atoms with van der Waals surface area (Å²) in [4.78, 5) is 22.9. The van der Waals surface area contributed by atoms with Gasteiger partial charge in [-0.1, -0.05) is 30.3 Å². The molecule has 0 aromatic heterocycles. The third kappa shape index (κ3) is 4.21. The zero-order valence-corrected chi connectivity index (χ0v) is 14.7. The molecule has 3 rings (SSSR count). The molecular weight excluding hydrogens is 342 g/mol. The Kier molecular flexibility index (Phi) is 5.87. The van der Waals surface area contributed by atoms with Gasteiger partial charge < -0.3 is 29.4 Å². The predicted molar refractivity (Wildman–Crippen MR) is 89.2 cm³/mol. The van der Waals surface area contributed by atoms with E-state index in [1.807, 2.05) is 30.3 Å². The van der Waals surface area contributed by atoms with Gasteiger partial charge in [-0.3, -0.25) is 4.79 Å². The largest absolute Gasteiger partial charge is 0.479 e. The summed E-state index contributed by atoms with van der Waals surface area (Å²) < 4.78 is 23.2. The summed E-state index contributed by atoms with van der Waals surface area (Å²) in [5.41, 5.74) is 0.967. The van der Waals surface area contributed by atoms with Crippen LogP contribution in [0.15, 0.2) is 30.3 Å². The van der Waals surface area contributed by atoms with E-state index in [0.717, 1.165) is 5.56 Å². The molecule has 2 aliphatic heterocycles. The minimum absolute atomic E-state index is 0.286. The number of hydrogen-bond donors (Lipinski definition) is 2. The SMILES string of the molecule is CC(=O)NC1C(O[C@H](C)C(=O)O)[C@H](OCc2ccccc2)C2CO[C@@H]1O2. The van der Waals surface area contributed by atoms with Crippen molar-refractivity contribution in [3.8, 4) is 0 Å². The Morgan fingerprint density at radius 1 is 1.31 bits per heavy atom. The van der Waals surface area contributed by atoms with E-state index in [2.05, 4.69) is 5.32 Å². The molecule has 2 N–H and O–H groups in total. The number of amides is 1. The molecule has 1 aromatic carbocycles. The molecule has 0 aliphatic carbocycles. The maximum absolute atomic E-state index is 11.6. The van der Waals surface area contributed by atoms with Crippen LogP contribution in [0.25, 0.3) is 0 Å². The topological polar surface area (TPSA) is 103 Å². The van der Waals surface area contributed by atoms with E-state index in [4.69, 9.17) is 18.9 Å². The average Bonchev–Trinajstić information content (AvgIpc) is 3.04. The summed E-state index contributed by atoms with van der Waals surface area (Å²) in [6, 6.07) is 8.93. The van der Waals surface area contributed by atoms with Crippen LogP contribution in [0.5, 0.6) is 0 Å². The maximum atomic E-state index is 11.6. The van der Waals surface area contributed by atoms with Crippen molar-refractivity contribution in [2.45, 2.75) is 57.2 Å². The molecule has 8 heteroatoms. The highest BCUT2D eigenvalue weighted by molar-refractivity contribution is 5.73. The zero-order valence-electron chi connectivity index (χ0n) is 14.7. The smallest absolute Gasteiger partial charge is 0.332 e. The fraction of sp³-hybridized carbons (Fsp3) is 0.556.